The van der Waals surface area contributed by atoms with E-state index in [2.05, 4.69) is 15.8 Å². The lowest BCUT2D eigenvalue weighted by Gasteiger charge is -2.33. The molecule has 9 nitrogen and oxygen atoms in total. The standard InChI is InChI=1S/C26H36Cl2N4O5/c1-15(2)19(30-23(33)21(16(3)4)31-25(35)36-26(5,6)7)14-32(24(34)22(27)28)18-10-8-9-17(13-18)20-11-12-29-37-20/h8-13,15-16,19,21-22H,14H2,1-7H3,(H,30,33)(H,31,35). The number of aromatic nitrogens is 1. The van der Waals surface area contributed by atoms with Gasteiger partial charge in [0.25, 0.3) is 5.91 Å². The SMILES string of the molecule is CC(C)C(CN(C(=O)C(Cl)Cl)c1cccc(-c2ccno2)c1)NC(=O)C(NC(=O)OC(C)(C)C)C(C)C. The third-order valence-corrected chi connectivity index (χ3v) is 5.84. The van der Waals surface area contributed by atoms with Gasteiger partial charge in [0.05, 0.1) is 6.20 Å². The van der Waals surface area contributed by atoms with E-state index in [1.165, 1.54) is 11.1 Å². The van der Waals surface area contributed by atoms with Crippen LogP contribution in [0.1, 0.15) is 48.5 Å². The van der Waals surface area contributed by atoms with Crippen molar-refractivity contribution in [1.29, 1.82) is 0 Å². The maximum atomic E-state index is 13.3. The smallest absolute Gasteiger partial charge is 0.408 e. The summed E-state index contributed by atoms with van der Waals surface area (Å²) < 4.78 is 10.6. The number of carbonyl (C=O) groups is 3. The molecule has 0 aliphatic carbocycles. The van der Waals surface area contributed by atoms with E-state index < -0.39 is 40.4 Å². The lowest BCUT2D eigenvalue weighted by atomic mass is 9.99. The maximum Gasteiger partial charge on any atom is 0.408 e. The molecule has 2 aromatic rings. The second kappa shape index (κ2) is 13.1. The van der Waals surface area contributed by atoms with Crippen molar-refractivity contribution in [2.45, 2.75) is 71.0 Å². The van der Waals surface area contributed by atoms with Crippen LogP contribution in [0, 0.1) is 11.8 Å². The fraction of sp³-hybridized carbons (Fsp3) is 0.538. The molecule has 0 aliphatic heterocycles. The van der Waals surface area contributed by atoms with Crippen LogP contribution in [0.25, 0.3) is 11.3 Å². The highest BCUT2D eigenvalue weighted by molar-refractivity contribution is 6.54. The molecule has 2 N–H and O–H groups in total. The predicted molar refractivity (Wildman–Crippen MR) is 145 cm³/mol. The summed E-state index contributed by atoms with van der Waals surface area (Å²) in [6.07, 6.45) is 0.842. The van der Waals surface area contributed by atoms with Crippen LogP contribution < -0.4 is 15.5 Å². The van der Waals surface area contributed by atoms with Crippen LogP contribution in [0.3, 0.4) is 0 Å². The van der Waals surface area contributed by atoms with Gasteiger partial charge in [-0.15, -0.1) is 0 Å². The van der Waals surface area contributed by atoms with Crippen molar-refractivity contribution in [2.24, 2.45) is 11.8 Å². The first kappa shape index (κ1) is 30.4. The Bertz CT molecular complexity index is 1050. The second-order valence-corrected chi connectivity index (χ2v) is 11.5. The Morgan fingerprint density at radius 3 is 2.24 bits per heavy atom. The third kappa shape index (κ3) is 9.23. The average molecular weight is 556 g/mol. The molecule has 2 atom stereocenters. The highest BCUT2D eigenvalue weighted by Crippen LogP contribution is 2.27. The van der Waals surface area contributed by atoms with Gasteiger partial charge in [0, 0.05) is 29.9 Å². The van der Waals surface area contributed by atoms with Gasteiger partial charge in [-0.2, -0.15) is 0 Å². The number of amides is 3. The molecule has 37 heavy (non-hydrogen) atoms. The molecule has 0 saturated carbocycles. The van der Waals surface area contributed by atoms with Crippen molar-refractivity contribution in [3.05, 3.63) is 36.5 Å². The molecule has 0 spiro atoms. The molecule has 0 bridgehead atoms. The lowest BCUT2D eigenvalue weighted by Crippen LogP contribution is -2.56. The number of halogens is 2. The molecule has 204 valence electrons. The first-order valence-corrected chi connectivity index (χ1v) is 13.0. The maximum absolute atomic E-state index is 13.3. The molecule has 11 heteroatoms. The molecule has 0 aliphatic rings. The van der Waals surface area contributed by atoms with Crippen LogP contribution in [0.4, 0.5) is 10.5 Å². The van der Waals surface area contributed by atoms with Crippen molar-refractivity contribution in [3.63, 3.8) is 0 Å². The Balaban J connectivity index is 2.29. The van der Waals surface area contributed by atoms with E-state index in [0.29, 0.717) is 17.0 Å². The normalized spacial score (nSPS) is 13.4. The summed E-state index contributed by atoms with van der Waals surface area (Å²) in [6.45, 7) is 12.8. The fourth-order valence-corrected chi connectivity index (χ4v) is 3.73. The number of nitrogens with zero attached hydrogens (tertiary/aromatic N) is 2. The molecular weight excluding hydrogens is 519 g/mol. The van der Waals surface area contributed by atoms with Gasteiger partial charge in [0.1, 0.15) is 11.6 Å². The molecule has 1 aromatic carbocycles. The van der Waals surface area contributed by atoms with Gasteiger partial charge < -0.3 is 24.8 Å². The van der Waals surface area contributed by atoms with Crippen LogP contribution >= 0.6 is 23.2 Å². The largest absolute Gasteiger partial charge is 0.444 e. The van der Waals surface area contributed by atoms with Gasteiger partial charge in [0.15, 0.2) is 10.6 Å². The Morgan fingerprint density at radius 1 is 1.05 bits per heavy atom. The Morgan fingerprint density at radius 2 is 1.73 bits per heavy atom. The van der Waals surface area contributed by atoms with Crippen molar-refractivity contribution in [1.82, 2.24) is 15.8 Å². The van der Waals surface area contributed by atoms with Gasteiger partial charge in [-0.1, -0.05) is 68.2 Å². The highest BCUT2D eigenvalue weighted by atomic mass is 35.5. The van der Waals surface area contributed by atoms with Crippen LogP contribution in [0.5, 0.6) is 0 Å². The van der Waals surface area contributed by atoms with Crippen molar-refractivity contribution >= 4 is 46.8 Å². The number of rotatable bonds is 10. The molecule has 0 fully saturated rings. The number of alkyl carbamates (subject to hydrolysis) is 1. The van der Waals surface area contributed by atoms with Crippen LogP contribution in [0.15, 0.2) is 41.1 Å². The molecule has 3 amide bonds. The summed E-state index contributed by atoms with van der Waals surface area (Å²) in [4.78, 5) is 38.8. The fourth-order valence-electron chi connectivity index (χ4n) is 3.49. The minimum Gasteiger partial charge on any atom is -0.444 e. The van der Waals surface area contributed by atoms with Gasteiger partial charge in [-0.05, 0) is 44.7 Å². The number of hydrogen-bond acceptors (Lipinski definition) is 6. The van der Waals surface area contributed by atoms with Gasteiger partial charge >= 0.3 is 6.09 Å². The van der Waals surface area contributed by atoms with E-state index in [-0.39, 0.29) is 18.4 Å². The van der Waals surface area contributed by atoms with Gasteiger partial charge in [0.2, 0.25) is 5.91 Å². The number of anilines is 1. The second-order valence-electron chi connectivity index (χ2n) is 10.4. The number of alkyl halides is 2. The molecule has 2 unspecified atom stereocenters. The number of benzene rings is 1. The first-order chi connectivity index (χ1) is 17.2. The minimum atomic E-state index is -1.31. The number of nitrogens with one attached hydrogen (secondary N) is 2. The van der Waals surface area contributed by atoms with E-state index in [0.717, 1.165) is 0 Å². The average Bonchev–Trinajstić information content (AvgIpc) is 3.33. The number of carbonyl (C=O) groups excluding carboxylic acids is 3. The lowest BCUT2D eigenvalue weighted by molar-refractivity contribution is -0.125. The van der Waals surface area contributed by atoms with Gasteiger partial charge in [-0.25, -0.2) is 4.79 Å². The van der Waals surface area contributed by atoms with E-state index >= 15 is 0 Å². The molecule has 1 aromatic heterocycles. The summed E-state index contributed by atoms with van der Waals surface area (Å²) in [6, 6.07) is 7.47. The zero-order valence-electron chi connectivity index (χ0n) is 22.2. The zero-order valence-corrected chi connectivity index (χ0v) is 23.8. The van der Waals surface area contributed by atoms with Gasteiger partial charge in [-0.3, -0.25) is 9.59 Å². The topological polar surface area (TPSA) is 114 Å². The summed E-state index contributed by atoms with van der Waals surface area (Å²) in [5, 5.41) is 9.37. The first-order valence-electron chi connectivity index (χ1n) is 12.1. The molecule has 0 saturated heterocycles. The monoisotopic (exact) mass is 554 g/mol. The predicted octanol–water partition coefficient (Wildman–Crippen LogP) is 5.17. The Labute approximate surface area is 228 Å². The molecule has 2 rings (SSSR count). The minimum absolute atomic E-state index is 0.0739. The van der Waals surface area contributed by atoms with E-state index in [4.69, 9.17) is 32.5 Å². The van der Waals surface area contributed by atoms with Crippen LogP contribution in [0.2, 0.25) is 0 Å². The van der Waals surface area contributed by atoms with Crippen LogP contribution in [-0.2, 0) is 14.3 Å². The molecular formula is C26H36Cl2N4O5. The number of hydrogen-bond donors (Lipinski definition) is 2. The summed E-state index contributed by atoms with van der Waals surface area (Å²) >= 11 is 12.0. The Kier molecular flexibility index (Phi) is 10.8. The summed E-state index contributed by atoms with van der Waals surface area (Å²) in [5.41, 5.74) is 0.529. The van der Waals surface area contributed by atoms with Crippen molar-refractivity contribution < 1.29 is 23.6 Å². The van der Waals surface area contributed by atoms with E-state index in [1.807, 2.05) is 33.8 Å². The van der Waals surface area contributed by atoms with Crippen molar-refractivity contribution in [2.75, 3.05) is 11.4 Å². The van der Waals surface area contributed by atoms with Crippen molar-refractivity contribution in [3.8, 4) is 11.3 Å². The van der Waals surface area contributed by atoms with E-state index in [1.54, 1.807) is 45.0 Å². The zero-order chi connectivity index (χ0) is 27.9. The third-order valence-electron chi connectivity index (χ3n) is 5.47. The quantitative estimate of drug-likeness (QED) is 0.391. The number of ether oxygens (including phenoxy) is 1. The summed E-state index contributed by atoms with van der Waals surface area (Å²) in [5.74, 6) is -0.688. The molecule has 0 radical (unpaired) electrons. The summed E-state index contributed by atoms with van der Waals surface area (Å²) in [7, 11) is 0. The molecule has 1 heterocycles. The van der Waals surface area contributed by atoms with E-state index in [9.17, 15) is 14.4 Å². The Hall–Kier alpha value is -2.78. The van der Waals surface area contributed by atoms with Crippen LogP contribution in [-0.4, -0.2) is 52.1 Å². The highest BCUT2D eigenvalue weighted by Gasteiger charge is 2.32.